The molecule has 2 heterocycles. The van der Waals surface area contributed by atoms with Gasteiger partial charge in [-0.3, -0.25) is 4.79 Å². The van der Waals surface area contributed by atoms with Gasteiger partial charge in [-0.2, -0.15) is 4.98 Å². The summed E-state index contributed by atoms with van der Waals surface area (Å²) in [5.41, 5.74) is 2.28. The van der Waals surface area contributed by atoms with E-state index < -0.39 is 0 Å². The zero-order chi connectivity index (χ0) is 20.9. The van der Waals surface area contributed by atoms with Crippen molar-refractivity contribution in [1.82, 2.24) is 14.9 Å². The normalized spacial score (nSPS) is 14.0. The molecule has 0 bridgehead atoms. The maximum Gasteiger partial charge on any atom is 0.261 e. The van der Waals surface area contributed by atoms with Crippen molar-refractivity contribution in [3.63, 3.8) is 0 Å². The molecule has 0 N–H and O–H groups in total. The molecule has 6 heteroatoms. The zero-order valence-corrected chi connectivity index (χ0v) is 17.2. The number of nitrogens with zero attached hydrogens (tertiary/aromatic N) is 3. The summed E-state index contributed by atoms with van der Waals surface area (Å²) < 4.78 is 11.6. The zero-order valence-electron chi connectivity index (χ0n) is 17.2. The molecular formula is C24H25N3O3. The minimum absolute atomic E-state index is 0.144. The van der Waals surface area contributed by atoms with Crippen LogP contribution in [0.25, 0.3) is 11.4 Å². The van der Waals surface area contributed by atoms with Crippen LogP contribution in [-0.2, 0) is 4.74 Å². The number of hydrogen-bond donors (Lipinski definition) is 0. The van der Waals surface area contributed by atoms with Gasteiger partial charge in [-0.05, 0) is 17.5 Å². The third-order valence-corrected chi connectivity index (χ3v) is 5.06. The largest absolute Gasteiger partial charge is 0.438 e. The van der Waals surface area contributed by atoms with Crippen molar-refractivity contribution in [3.8, 4) is 23.0 Å². The highest BCUT2D eigenvalue weighted by Gasteiger charge is 2.25. The lowest BCUT2D eigenvalue weighted by Gasteiger charge is -2.27. The van der Waals surface area contributed by atoms with Gasteiger partial charge in [0.25, 0.3) is 5.91 Å². The molecule has 0 aliphatic carbocycles. The first-order valence-corrected chi connectivity index (χ1v) is 10.2. The number of para-hydroxylation sites is 1. The summed E-state index contributed by atoms with van der Waals surface area (Å²) in [7, 11) is 0. The van der Waals surface area contributed by atoms with E-state index in [9.17, 15) is 4.79 Å². The third-order valence-electron chi connectivity index (χ3n) is 5.06. The average molecular weight is 403 g/mol. The first-order chi connectivity index (χ1) is 14.6. The summed E-state index contributed by atoms with van der Waals surface area (Å²) in [5.74, 6) is 1.62. The number of rotatable bonds is 5. The van der Waals surface area contributed by atoms with Crippen LogP contribution in [0.3, 0.4) is 0 Å². The maximum absolute atomic E-state index is 13.2. The lowest BCUT2D eigenvalue weighted by molar-refractivity contribution is 0.0300. The van der Waals surface area contributed by atoms with E-state index in [1.807, 2.05) is 54.6 Å². The highest BCUT2D eigenvalue weighted by Crippen LogP contribution is 2.32. The first-order valence-electron chi connectivity index (χ1n) is 10.2. The number of aromatic nitrogens is 2. The van der Waals surface area contributed by atoms with Crippen LogP contribution in [0.15, 0.2) is 60.8 Å². The van der Waals surface area contributed by atoms with Crippen LogP contribution in [0.1, 0.15) is 35.7 Å². The molecule has 3 aromatic rings. The Labute approximate surface area is 176 Å². The van der Waals surface area contributed by atoms with Gasteiger partial charge in [0.05, 0.1) is 13.2 Å². The van der Waals surface area contributed by atoms with Gasteiger partial charge in [-0.25, -0.2) is 4.98 Å². The summed E-state index contributed by atoms with van der Waals surface area (Å²) in [4.78, 5) is 24.0. The van der Waals surface area contributed by atoms with Crippen LogP contribution in [-0.4, -0.2) is 47.1 Å². The van der Waals surface area contributed by atoms with Crippen molar-refractivity contribution in [3.05, 3.63) is 71.9 Å². The third kappa shape index (κ3) is 4.33. The molecule has 1 aromatic heterocycles. The Bertz CT molecular complexity index is 1020. The van der Waals surface area contributed by atoms with E-state index in [0.29, 0.717) is 43.4 Å². The number of carbonyl (C=O) groups excluding carboxylic acids is 1. The van der Waals surface area contributed by atoms with Crippen LogP contribution in [0, 0.1) is 0 Å². The second kappa shape index (κ2) is 9.05. The maximum atomic E-state index is 13.2. The molecule has 0 radical (unpaired) electrons. The lowest BCUT2D eigenvalue weighted by Crippen LogP contribution is -2.40. The Balaban J connectivity index is 1.75. The van der Waals surface area contributed by atoms with Crippen molar-refractivity contribution in [2.75, 3.05) is 26.3 Å². The standard InChI is InChI=1S/C24H25N3O3/c1-17(2)19-10-6-7-11-21(19)30-23-20(24(28)27-12-14-29-15-13-27)16-25-22(26-23)18-8-4-3-5-9-18/h3-11,16-17H,12-15H2,1-2H3. The molecule has 30 heavy (non-hydrogen) atoms. The van der Waals surface area contributed by atoms with Crippen LogP contribution in [0.4, 0.5) is 0 Å². The van der Waals surface area contributed by atoms with Gasteiger partial charge < -0.3 is 14.4 Å². The highest BCUT2D eigenvalue weighted by atomic mass is 16.5. The van der Waals surface area contributed by atoms with Crippen LogP contribution in [0.5, 0.6) is 11.6 Å². The Morgan fingerprint density at radius 2 is 1.73 bits per heavy atom. The molecule has 4 rings (SSSR count). The molecule has 0 spiro atoms. The van der Waals surface area contributed by atoms with Gasteiger partial charge >= 0.3 is 0 Å². The highest BCUT2D eigenvalue weighted by molar-refractivity contribution is 5.96. The second-order valence-electron chi connectivity index (χ2n) is 7.48. The Hall–Kier alpha value is -3.25. The first kappa shape index (κ1) is 20.0. The molecule has 2 aromatic carbocycles. The SMILES string of the molecule is CC(C)c1ccccc1Oc1nc(-c2ccccc2)ncc1C(=O)N1CCOCC1. The van der Waals surface area contributed by atoms with Gasteiger partial charge in [-0.1, -0.05) is 62.4 Å². The van der Waals surface area contributed by atoms with E-state index in [0.717, 1.165) is 11.1 Å². The summed E-state index contributed by atoms with van der Waals surface area (Å²) in [6.07, 6.45) is 1.57. The average Bonchev–Trinajstić information content (AvgIpc) is 2.80. The van der Waals surface area contributed by atoms with E-state index in [1.165, 1.54) is 0 Å². The minimum atomic E-state index is -0.144. The predicted molar refractivity (Wildman–Crippen MR) is 115 cm³/mol. The van der Waals surface area contributed by atoms with Gasteiger partial charge in [0.2, 0.25) is 5.88 Å². The van der Waals surface area contributed by atoms with Gasteiger partial charge in [0.15, 0.2) is 5.82 Å². The molecule has 1 aliphatic rings. The van der Waals surface area contributed by atoms with E-state index in [-0.39, 0.29) is 17.7 Å². The van der Waals surface area contributed by atoms with Crippen molar-refractivity contribution < 1.29 is 14.3 Å². The molecule has 0 saturated carbocycles. The summed E-state index contributed by atoms with van der Waals surface area (Å²) in [5, 5.41) is 0. The fraction of sp³-hybridized carbons (Fsp3) is 0.292. The molecule has 0 unspecified atom stereocenters. The van der Waals surface area contributed by atoms with Crippen LogP contribution >= 0.6 is 0 Å². The van der Waals surface area contributed by atoms with Crippen molar-refractivity contribution >= 4 is 5.91 Å². The fourth-order valence-electron chi connectivity index (χ4n) is 3.41. The molecule has 1 aliphatic heterocycles. The van der Waals surface area contributed by atoms with Gasteiger partial charge in [0.1, 0.15) is 11.3 Å². The fourth-order valence-corrected chi connectivity index (χ4v) is 3.41. The van der Waals surface area contributed by atoms with E-state index in [4.69, 9.17) is 9.47 Å². The van der Waals surface area contributed by atoms with E-state index in [2.05, 4.69) is 23.8 Å². The molecule has 6 nitrogen and oxygen atoms in total. The van der Waals surface area contributed by atoms with E-state index >= 15 is 0 Å². The molecular weight excluding hydrogens is 378 g/mol. The number of carbonyl (C=O) groups is 1. The molecule has 0 atom stereocenters. The van der Waals surface area contributed by atoms with Crippen molar-refractivity contribution in [2.24, 2.45) is 0 Å². The smallest absolute Gasteiger partial charge is 0.261 e. The summed E-state index contributed by atoms with van der Waals surface area (Å²) >= 11 is 0. The molecule has 1 saturated heterocycles. The minimum Gasteiger partial charge on any atom is -0.438 e. The van der Waals surface area contributed by atoms with Crippen LogP contribution < -0.4 is 4.74 Å². The summed E-state index contributed by atoms with van der Waals surface area (Å²) in [6, 6.07) is 17.5. The lowest BCUT2D eigenvalue weighted by atomic mass is 10.0. The quantitative estimate of drug-likeness (QED) is 0.626. The second-order valence-corrected chi connectivity index (χ2v) is 7.48. The summed E-state index contributed by atoms with van der Waals surface area (Å²) in [6.45, 7) is 6.36. The van der Waals surface area contributed by atoms with Crippen LogP contribution in [0.2, 0.25) is 0 Å². The topological polar surface area (TPSA) is 64.6 Å². The number of morpholine rings is 1. The molecule has 1 fully saturated rings. The molecule has 154 valence electrons. The number of hydrogen-bond acceptors (Lipinski definition) is 5. The Kier molecular flexibility index (Phi) is 6.05. The Morgan fingerprint density at radius 3 is 2.47 bits per heavy atom. The van der Waals surface area contributed by atoms with Crippen molar-refractivity contribution in [1.29, 1.82) is 0 Å². The predicted octanol–water partition coefficient (Wildman–Crippen LogP) is 4.53. The van der Waals surface area contributed by atoms with Gasteiger partial charge in [0, 0.05) is 24.8 Å². The number of benzene rings is 2. The van der Waals surface area contributed by atoms with E-state index in [1.54, 1.807) is 11.1 Å². The van der Waals surface area contributed by atoms with Gasteiger partial charge in [-0.15, -0.1) is 0 Å². The number of amides is 1. The Morgan fingerprint density at radius 1 is 1.03 bits per heavy atom. The van der Waals surface area contributed by atoms with Crippen molar-refractivity contribution in [2.45, 2.75) is 19.8 Å². The molecule has 1 amide bonds. The number of ether oxygens (including phenoxy) is 2. The monoisotopic (exact) mass is 403 g/mol.